The summed E-state index contributed by atoms with van der Waals surface area (Å²) >= 11 is 0. The Bertz CT molecular complexity index is 958. The molecule has 0 aliphatic carbocycles. The summed E-state index contributed by atoms with van der Waals surface area (Å²) in [4.78, 5) is 25.8. The third-order valence-corrected chi connectivity index (χ3v) is 4.76. The Labute approximate surface area is 165 Å². The minimum atomic E-state index is -0.934. The van der Waals surface area contributed by atoms with E-state index in [9.17, 15) is 9.90 Å². The molecule has 2 N–H and O–H groups in total. The number of aromatic amines is 1. The average molecular weight is 380 g/mol. The summed E-state index contributed by atoms with van der Waals surface area (Å²) in [5, 5.41) is 9.90. The predicted molar refractivity (Wildman–Crippen MR) is 111 cm³/mol. The molecule has 0 aliphatic rings. The highest BCUT2D eigenvalue weighted by atomic mass is 16.4. The van der Waals surface area contributed by atoms with E-state index < -0.39 is 11.6 Å². The maximum absolute atomic E-state index is 12.1. The Kier molecular flexibility index (Phi) is 5.40. The molecule has 1 amide bonds. The van der Waals surface area contributed by atoms with Gasteiger partial charge in [-0.05, 0) is 68.5 Å². The van der Waals surface area contributed by atoms with E-state index in [0.29, 0.717) is 18.2 Å². The number of fused-ring (bicyclic) bond motifs is 1. The number of hydrogen-bond acceptors (Lipinski definition) is 3. The van der Waals surface area contributed by atoms with Crippen molar-refractivity contribution < 1.29 is 9.90 Å². The van der Waals surface area contributed by atoms with Gasteiger partial charge in [-0.2, -0.15) is 0 Å². The molecule has 0 spiro atoms. The van der Waals surface area contributed by atoms with Crippen LogP contribution in [-0.4, -0.2) is 36.6 Å². The summed E-state index contributed by atoms with van der Waals surface area (Å²) in [6.45, 7) is 9.94. The average Bonchev–Trinajstić information content (AvgIpc) is 3.03. The van der Waals surface area contributed by atoms with Gasteiger partial charge >= 0.3 is 6.09 Å². The van der Waals surface area contributed by atoms with Crippen LogP contribution >= 0.6 is 0 Å². The highest BCUT2D eigenvalue weighted by molar-refractivity contribution is 5.82. The van der Waals surface area contributed by atoms with Crippen LogP contribution in [0, 0.1) is 5.92 Å². The van der Waals surface area contributed by atoms with E-state index in [4.69, 9.17) is 4.98 Å². The Balaban J connectivity index is 2.06. The Morgan fingerprint density at radius 2 is 1.82 bits per heavy atom. The number of H-pyrrole nitrogens is 1. The van der Waals surface area contributed by atoms with Gasteiger partial charge in [0, 0.05) is 17.9 Å². The third-order valence-electron chi connectivity index (χ3n) is 4.76. The van der Waals surface area contributed by atoms with Gasteiger partial charge in [0.2, 0.25) is 0 Å². The number of hydrogen-bond donors (Lipinski definition) is 2. The molecule has 1 unspecified atom stereocenters. The van der Waals surface area contributed by atoms with Crippen molar-refractivity contribution >= 4 is 17.1 Å². The molecule has 0 fully saturated rings. The number of aromatic nitrogens is 3. The first-order valence-electron chi connectivity index (χ1n) is 9.59. The number of carbonyl (C=O) groups is 1. The van der Waals surface area contributed by atoms with Gasteiger partial charge in [-0.15, -0.1) is 0 Å². The maximum Gasteiger partial charge on any atom is 0.408 e. The van der Waals surface area contributed by atoms with Crippen molar-refractivity contribution in [2.75, 3.05) is 0 Å². The molecule has 2 aromatic heterocycles. The summed E-state index contributed by atoms with van der Waals surface area (Å²) in [5.41, 5.74) is 3.34. The van der Waals surface area contributed by atoms with Crippen LogP contribution in [0.3, 0.4) is 0 Å². The van der Waals surface area contributed by atoms with Crippen LogP contribution in [0.2, 0.25) is 0 Å². The van der Waals surface area contributed by atoms with Crippen LogP contribution < -0.4 is 0 Å². The van der Waals surface area contributed by atoms with Crippen LogP contribution in [0.5, 0.6) is 0 Å². The van der Waals surface area contributed by atoms with E-state index in [-0.39, 0.29) is 6.04 Å². The maximum atomic E-state index is 12.1. The molecule has 1 atom stereocenters. The zero-order valence-electron chi connectivity index (χ0n) is 17.1. The number of nitrogens with one attached hydrogen (secondary N) is 1. The molecule has 0 bridgehead atoms. The summed E-state index contributed by atoms with van der Waals surface area (Å²) in [6.07, 6.45) is 3.30. The van der Waals surface area contributed by atoms with E-state index >= 15 is 0 Å². The molecule has 1 aromatic carbocycles. The Morgan fingerprint density at radius 1 is 1.14 bits per heavy atom. The zero-order chi connectivity index (χ0) is 20.5. The van der Waals surface area contributed by atoms with Gasteiger partial charge in [-0.3, -0.25) is 9.88 Å². The van der Waals surface area contributed by atoms with Gasteiger partial charge in [0.1, 0.15) is 5.82 Å². The van der Waals surface area contributed by atoms with Crippen LogP contribution in [0.1, 0.15) is 52.9 Å². The summed E-state index contributed by atoms with van der Waals surface area (Å²) in [7, 11) is 0. The number of rotatable bonds is 5. The van der Waals surface area contributed by atoms with E-state index in [1.54, 1.807) is 12.4 Å². The molecule has 6 heteroatoms. The first-order chi connectivity index (χ1) is 13.2. The monoisotopic (exact) mass is 380 g/mol. The van der Waals surface area contributed by atoms with Crippen LogP contribution in [0.25, 0.3) is 22.2 Å². The number of pyridine rings is 1. The van der Waals surface area contributed by atoms with Crippen molar-refractivity contribution in [1.82, 2.24) is 19.9 Å². The van der Waals surface area contributed by atoms with Gasteiger partial charge in [0.15, 0.2) is 0 Å². The summed E-state index contributed by atoms with van der Waals surface area (Å²) in [5.74, 6) is 1.02. The van der Waals surface area contributed by atoms with Crippen molar-refractivity contribution in [3.63, 3.8) is 0 Å². The van der Waals surface area contributed by atoms with Crippen LogP contribution in [0.15, 0.2) is 42.7 Å². The fourth-order valence-electron chi connectivity index (χ4n) is 3.58. The van der Waals surface area contributed by atoms with Gasteiger partial charge in [-0.25, -0.2) is 9.78 Å². The Morgan fingerprint density at radius 3 is 2.39 bits per heavy atom. The molecular weight excluding hydrogens is 352 g/mol. The first-order valence-corrected chi connectivity index (χ1v) is 9.59. The largest absolute Gasteiger partial charge is 0.465 e. The predicted octanol–water partition coefficient (Wildman–Crippen LogP) is 5.49. The Hall–Kier alpha value is -2.89. The quantitative estimate of drug-likeness (QED) is 0.613. The van der Waals surface area contributed by atoms with Crippen molar-refractivity contribution in [2.45, 2.75) is 52.6 Å². The minimum absolute atomic E-state index is 0.329. The molecule has 0 saturated heterocycles. The minimum Gasteiger partial charge on any atom is -0.465 e. The van der Waals surface area contributed by atoms with Gasteiger partial charge in [0.25, 0.3) is 0 Å². The standard InChI is InChI=1S/C22H28N4O2/c1-14(2)12-19(26(21(27)28)22(3,4)5)20-24-17-7-6-16(13-18(17)25-20)15-8-10-23-11-9-15/h6-11,13-14,19H,12H2,1-5H3,(H,24,25)(H,27,28). The summed E-state index contributed by atoms with van der Waals surface area (Å²) < 4.78 is 0. The number of benzene rings is 1. The van der Waals surface area contributed by atoms with E-state index in [1.807, 2.05) is 45.0 Å². The lowest BCUT2D eigenvalue weighted by Gasteiger charge is -2.39. The highest BCUT2D eigenvalue weighted by Gasteiger charge is 2.36. The topological polar surface area (TPSA) is 82.1 Å². The zero-order valence-corrected chi connectivity index (χ0v) is 17.1. The number of nitrogens with zero attached hydrogens (tertiary/aromatic N) is 3. The van der Waals surface area contributed by atoms with Crippen molar-refractivity contribution in [3.8, 4) is 11.1 Å². The third kappa shape index (κ3) is 4.16. The van der Waals surface area contributed by atoms with Gasteiger partial charge in [0.05, 0.1) is 17.1 Å². The molecular formula is C22H28N4O2. The molecule has 148 valence electrons. The molecule has 2 heterocycles. The highest BCUT2D eigenvalue weighted by Crippen LogP contribution is 2.33. The number of carboxylic acid groups (broad SMARTS) is 1. The first kappa shape index (κ1) is 19.9. The molecule has 3 rings (SSSR count). The second kappa shape index (κ2) is 7.62. The van der Waals surface area contributed by atoms with Gasteiger partial charge < -0.3 is 10.1 Å². The van der Waals surface area contributed by atoms with Crippen LogP contribution in [-0.2, 0) is 0 Å². The second-order valence-corrected chi connectivity index (χ2v) is 8.56. The van der Waals surface area contributed by atoms with Crippen molar-refractivity contribution in [1.29, 1.82) is 0 Å². The number of amides is 1. The lowest BCUT2D eigenvalue weighted by atomic mass is 9.96. The van der Waals surface area contributed by atoms with Crippen molar-refractivity contribution in [3.05, 3.63) is 48.5 Å². The van der Waals surface area contributed by atoms with E-state index in [1.165, 1.54) is 4.90 Å². The normalized spacial score (nSPS) is 13.1. The lowest BCUT2D eigenvalue weighted by molar-refractivity contribution is 0.0598. The second-order valence-electron chi connectivity index (χ2n) is 8.56. The number of imidazole rings is 1. The molecule has 0 saturated carbocycles. The molecule has 28 heavy (non-hydrogen) atoms. The summed E-state index contributed by atoms with van der Waals surface area (Å²) in [6, 6.07) is 9.64. The van der Waals surface area contributed by atoms with E-state index in [2.05, 4.69) is 29.9 Å². The van der Waals surface area contributed by atoms with Crippen molar-refractivity contribution in [2.24, 2.45) is 5.92 Å². The molecule has 6 nitrogen and oxygen atoms in total. The lowest BCUT2D eigenvalue weighted by Crippen LogP contribution is -2.47. The van der Waals surface area contributed by atoms with E-state index in [0.717, 1.165) is 22.2 Å². The van der Waals surface area contributed by atoms with Gasteiger partial charge in [-0.1, -0.05) is 19.9 Å². The fraction of sp³-hybridized carbons (Fsp3) is 0.409. The molecule has 3 aromatic rings. The van der Waals surface area contributed by atoms with Crippen LogP contribution in [0.4, 0.5) is 4.79 Å². The molecule has 0 radical (unpaired) electrons. The fourth-order valence-corrected chi connectivity index (χ4v) is 3.58. The SMILES string of the molecule is CC(C)CC(c1nc2ccc(-c3ccncc3)cc2[nH]1)N(C(=O)O)C(C)(C)C. The smallest absolute Gasteiger partial charge is 0.408 e. The molecule has 0 aliphatic heterocycles.